The zero-order valence-corrected chi connectivity index (χ0v) is 13.5. The smallest absolute Gasteiger partial charge is 0.256 e. The Labute approximate surface area is 127 Å². The second kappa shape index (κ2) is 6.22. The van der Waals surface area contributed by atoms with Crippen molar-refractivity contribution in [2.24, 2.45) is 0 Å². The van der Waals surface area contributed by atoms with Crippen molar-refractivity contribution in [2.45, 2.75) is 25.7 Å². The summed E-state index contributed by atoms with van der Waals surface area (Å²) < 4.78 is 11.7. The van der Waals surface area contributed by atoms with Gasteiger partial charge in [-0.3, -0.25) is 9.00 Å². The number of rotatable bonds is 3. The Morgan fingerprint density at radius 2 is 1.62 bits per heavy atom. The highest BCUT2D eigenvalue weighted by Crippen LogP contribution is 2.23. The Bertz CT molecular complexity index is 699. The minimum Gasteiger partial charge on any atom is -0.321 e. The van der Waals surface area contributed by atoms with E-state index in [1.807, 2.05) is 32.9 Å². The molecule has 1 amide bonds. The van der Waals surface area contributed by atoms with E-state index in [9.17, 15) is 9.00 Å². The van der Waals surface area contributed by atoms with E-state index in [0.29, 0.717) is 10.5 Å². The lowest BCUT2D eigenvalue weighted by atomic mass is 10.0. The molecule has 0 saturated carbocycles. The third kappa shape index (κ3) is 3.39. The SMILES string of the molecule is Cc1cc(C)c(NC(=O)c2ccccc2S(C)=O)c(C)c1. The molecule has 0 radical (unpaired) electrons. The number of carbonyl (C=O) groups is 1. The first-order chi connectivity index (χ1) is 9.90. The summed E-state index contributed by atoms with van der Waals surface area (Å²) in [7, 11) is -1.19. The highest BCUT2D eigenvalue weighted by Gasteiger charge is 2.15. The van der Waals surface area contributed by atoms with E-state index < -0.39 is 10.8 Å². The molecule has 2 aromatic carbocycles. The Morgan fingerprint density at radius 1 is 1.05 bits per heavy atom. The van der Waals surface area contributed by atoms with Gasteiger partial charge in [0.2, 0.25) is 0 Å². The van der Waals surface area contributed by atoms with Crippen LogP contribution in [0.5, 0.6) is 0 Å². The second-order valence-corrected chi connectivity index (χ2v) is 6.53. The van der Waals surface area contributed by atoms with Crippen LogP contribution in [0.2, 0.25) is 0 Å². The van der Waals surface area contributed by atoms with Crippen molar-refractivity contribution < 1.29 is 9.00 Å². The molecule has 0 fully saturated rings. The van der Waals surface area contributed by atoms with Gasteiger partial charge in [0.15, 0.2) is 0 Å². The number of benzene rings is 2. The van der Waals surface area contributed by atoms with Crippen LogP contribution in [0.1, 0.15) is 27.0 Å². The van der Waals surface area contributed by atoms with Gasteiger partial charge in [-0.15, -0.1) is 0 Å². The van der Waals surface area contributed by atoms with Crippen molar-refractivity contribution in [1.82, 2.24) is 0 Å². The van der Waals surface area contributed by atoms with Crippen molar-refractivity contribution >= 4 is 22.4 Å². The standard InChI is InChI=1S/C17H19NO2S/c1-11-9-12(2)16(13(3)10-11)18-17(19)14-7-5-6-8-15(14)21(4)20/h5-10H,1-4H3,(H,18,19). The van der Waals surface area contributed by atoms with Crippen molar-refractivity contribution in [3.05, 3.63) is 58.7 Å². The van der Waals surface area contributed by atoms with Crippen LogP contribution < -0.4 is 5.32 Å². The van der Waals surface area contributed by atoms with Gasteiger partial charge in [-0.2, -0.15) is 0 Å². The molecule has 0 aromatic heterocycles. The third-order valence-corrected chi connectivity index (χ3v) is 4.33. The Hall–Kier alpha value is -1.94. The molecule has 1 atom stereocenters. The van der Waals surface area contributed by atoms with Crippen LogP contribution in [-0.4, -0.2) is 16.4 Å². The number of amides is 1. The van der Waals surface area contributed by atoms with E-state index in [0.717, 1.165) is 22.4 Å². The molecular formula is C17H19NO2S. The molecule has 0 bridgehead atoms. The lowest BCUT2D eigenvalue weighted by molar-refractivity contribution is 0.102. The van der Waals surface area contributed by atoms with Gasteiger partial charge >= 0.3 is 0 Å². The fraction of sp³-hybridized carbons (Fsp3) is 0.235. The second-order valence-electron chi connectivity index (χ2n) is 5.18. The minimum atomic E-state index is -1.19. The number of anilines is 1. The van der Waals surface area contributed by atoms with Gasteiger partial charge in [0, 0.05) is 11.9 Å². The lowest BCUT2D eigenvalue weighted by Gasteiger charge is -2.14. The molecule has 1 N–H and O–H groups in total. The maximum atomic E-state index is 12.5. The molecule has 2 aromatic rings. The molecule has 0 aliphatic heterocycles. The van der Waals surface area contributed by atoms with Crippen LogP contribution in [-0.2, 0) is 10.8 Å². The molecular weight excluding hydrogens is 282 g/mol. The zero-order chi connectivity index (χ0) is 15.6. The van der Waals surface area contributed by atoms with Crippen molar-refractivity contribution in [2.75, 3.05) is 11.6 Å². The van der Waals surface area contributed by atoms with Gasteiger partial charge < -0.3 is 5.32 Å². The summed E-state index contributed by atoms with van der Waals surface area (Å²) in [5.74, 6) is -0.226. The van der Waals surface area contributed by atoms with Crippen LogP contribution in [0.15, 0.2) is 41.3 Å². The van der Waals surface area contributed by atoms with Gasteiger partial charge in [-0.05, 0) is 44.0 Å². The number of aryl methyl sites for hydroxylation is 3. The molecule has 3 nitrogen and oxygen atoms in total. The minimum absolute atomic E-state index is 0.226. The van der Waals surface area contributed by atoms with Gasteiger partial charge in [0.25, 0.3) is 5.91 Å². The molecule has 21 heavy (non-hydrogen) atoms. The molecule has 2 rings (SSSR count). The molecule has 0 aliphatic rings. The third-order valence-electron chi connectivity index (χ3n) is 3.36. The first-order valence-electron chi connectivity index (χ1n) is 6.72. The maximum absolute atomic E-state index is 12.5. The van der Waals surface area contributed by atoms with E-state index in [-0.39, 0.29) is 5.91 Å². The number of hydrogen-bond donors (Lipinski definition) is 1. The van der Waals surface area contributed by atoms with E-state index in [1.54, 1.807) is 30.5 Å². The average Bonchev–Trinajstić information content (AvgIpc) is 2.42. The molecule has 110 valence electrons. The molecule has 4 heteroatoms. The molecule has 0 spiro atoms. The molecule has 0 heterocycles. The van der Waals surface area contributed by atoms with E-state index >= 15 is 0 Å². The summed E-state index contributed by atoms with van der Waals surface area (Å²) in [6.45, 7) is 5.97. The monoisotopic (exact) mass is 301 g/mol. The predicted octanol–water partition coefficient (Wildman–Crippen LogP) is 3.60. The fourth-order valence-electron chi connectivity index (χ4n) is 2.46. The summed E-state index contributed by atoms with van der Waals surface area (Å²) >= 11 is 0. The Morgan fingerprint density at radius 3 is 2.19 bits per heavy atom. The topological polar surface area (TPSA) is 46.2 Å². The maximum Gasteiger partial charge on any atom is 0.256 e. The van der Waals surface area contributed by atoms with Crippen LogP contribution in [0, 0.1) is 20.8 Å². The lowest BCUT2D eigenvalue weighted by Crippen LogP contribution is -2.16. The quantitative estimate of drug-likeness (QED) is 0.941. The van der Waals surface area contributed by atoms with Crippen molar-refractivity contribution in [3.63, 3.8) is 0 Å². The largest absolute Gasteiger partial charge is 0.321 e. The van der Waals surface area contributed by atoms with Crippen LogP contribution in [0.3, 0.4) is 0 Å². The first kappa shape index (κ1) is 15.4. The Kier molecular flexibility index (Phi) is 4.58. The molecule has 0 saturated heterocycles. The highest BCUT2D eigenvalue weighted by molar-refractivity contribution is 7.84. The molecule has 1 unspecified atom stereocenters. The van der Waals surface area contributed by atoms with E-state index in [2.05, 4.69) is 5.32 Å². The summed E-state index contributed by atoms with van der Waals surface area (Å²) in [5, 5.41) is 2.94. The number of hydrogen-bond acceptors (Lipinski definition) is 2. The predicted molar refractivity (Wildman–Crippen MR) is 87.4 cm³/mol. The van der Waals surface area contributed by atoms with Gasteiger partial charge in [0.05, 0.1) is 21.3 Å². The average molecular weight is 301 g/mol. The normalized spacial score (nSPS) is 12.0. The summed E-state index contributed by atoms with van der Waals surface area (Å²) in [6.07, 6.45) is 1.58. The van der Waals surface area contributed by atoms with Crippen LogP contribution in [0.4, 0.5) is 5.69 Å². The highest BCUT2D eigenvalue weighted by atomic mass is 32.2. The van der Waals surface area contributed by atoms with E-state index in [1.165, 1.54) is 0 Å². The van der Waals surface area contributed by atoms with Crippen LogP contribution in [0.25, 0.3) is 0 Å². The Balaban J connectivity index is 2.38. The van der Waals surface area contributed by atoms with Crippen LogP contribution >= 0.6 is 0 Å². The number of carbonyl (C=O) groups excluding carboxylic acids is 1. The summed E-state index contributed by atoms with van der Waals surface area (Å²) in [6, 6.07) is 11.1. The van der Waals surface area contributed by atoms with Gasteiger partial charge in [-0.1, -0.05) is 29.8 Å². The summed E-state index contributed by atoms with van der Waals surface area (Å²) in [4.78, 5) is 13.0. The van der Waals surface area contributed by atoms with Gasteiger partial charge in [-0.25, -0.2) is 0 Å². The number of nitrogens with one attached hydrogen (secondary N) is 1. The van der Waals surface area contributed by atoms with Crippen molar-refractivity contribution in [3.8, 4) is 0 Å². The summed E-state index contributed by atoms with van der Waals surface area (Å²) in [5.41, 5.74) is 4.49. The fourth-order valence-corrected chi connectivity index (χ4v) is 3.20. The van der Waals surface area contributed by atoms with E-state index in [4.69, 9.17) is 0 Å². The van der Waals surface area contributed by atoms with Crippen molar-refractivity contribution in [1.29, 1.82) is 0 Å². The zero-order valence-electron chi connectivity index (χ0n) is 12.7. The molecule has 0 aliphatic carbocycles. The van der Waals surface area contributed by atoms with Gasteiger partial charge in [0.1, 0.15) is 0 Å². The first-order valence-corrected chi connectivity index (χ1v) is 8.27.